The number of amides is 2. The Morgan fingerprint density at radius 2 is 1.55 bits per heavy atom. The number of hydrogen-bond acceptors (Lipinski definition) is 5. The number of benzene rings is 3. The van der Waals surface area contributed by atoms with E-state index in [4.69, 9.17) is 10.5 Å². The first kappa shape index (κ1) is 29.0. The van der Waals surface area contributed by atoms with Gasteiger partial charge in [-0.1, -0.05) is 87.5 Å². The van der Waals surface area contributed by atoms with E-state index >= 15 is 0 Å². The van der Waals surface area contributed by atoms with Gasteiger partial charge in [-0.2, -0.15) is 0 Å². The predicted octanol–water partition coefficient (Wildman–Crippen LogP) is 4.37. The van der Waals surface area contributed by atoms with Gasteiger partial charge in [-0.3, -0.25) is 9.59 Å². The van der Waals surface area contributed by atoms with Crippen LogP contribution in [0.2, 0.25) is 0 Å². The van der Waals surface area contributed by atoms with Gasteiger partial charge >= 0.3 is 5.97 Å². The van der Waals surface area contributed by atoms with Gasteiger partial charge in [0, 0.05) is 26.1 Å². The van der Waals surface area contributed by atoms with Crippen LogP contribution in [0.5, 0.6) is 0 Å². The van der Waals surface area contributed by atoms with E-state index in [-0.39, 0.29) is 11.8 Å². The Balaban J connectivity index is 1.65. The van der Waals surface area contributed by atoms with Crippen LogP contribution in [0, 0.1) is 5.41 Å². The van der Waals surface area contributed by atoms with Crippen molar-refractivity contribution in [2.75, 3.05) is 13.7 Å². The molecule has 2 atom stereocenters. The molecule has 7 heteroatoms. The molecule has 0 radical (unpaired) electrons. The normalized spacial score (nSPS) is 15.6. The van der Waals surface area contributed by atoms with Gasteiger partial charge in [0.15, 0.2) is 0 Å². The van der Waals surface area contributed by atoms with Gasteiger partial charge in [-0.05, 0) is 46.2 Å². The highest BCUT2D eigenvalue weighted by Gasteiger charge is 2.41. The van der Waals surface area contributed by atoms with Gasteiger partial charge in [0.1, 0.15) is 6.04 Å². The number of nitrogens with two attached hydrogens (primary N) is 1. The molecular weight excluding hydrogens is 502 g/mol. The molecule has 1 aliphatic heterocycles. The molecule has 1 aliphatic rings. The van der Waals surface area contributed by atoms with Crippen LogP contribution in [0.4, 0.5) is 0 Å². The van der Waals surface area contributed by atoms with Gasteiger partial charge in [0.2, 0.25) is 11.8 Å². The van der Waals surface area contributed by atoms with Crippen molar-refractivity contribution in [2.24, 2.45) is 11.1 Å². The molecule has 2 N–H and O–H groups in total. The summed E-state index contributed by atoms with van der Waals surface area (Å²) in [4.78, 5) is 43.5. The first-order chi connectivity index (χ1) is 19.1. The summed E-state index contributed by atoms with van der Waals surface area (Å²) in [6.45, 7) is 6.98. The number of nitrogens with zero attached hydrogens (tertiary/aromatic N) is 2. The maximum Gasteiger partial charge on any atom is 0.337 e. The van der Waals surface area contributed by atoms with Crippen LogP contribution in [0.3, 0.4) is 0 Å². The quantitative estimate of drug-likeness (QED) is 0.428. The summed E-state index contributed by atoms with van der Waals surface area (Å²) in [6.07, 6.45) is 1.10. The largest absolute Gasteiger partial charge is 0.465 e. The summed E-state index contributed by atoms with van der Waals surface area (Å²) < 4.78 is 4.82. The van der Waals surface area contributed by atoms with E-state index in [0.717, 1.165) is 22.3 Å². The van der Waals surface area contributed by atoms with E-state index in [1.54, 1.807) is 17.0 Å². The third kappa shape index (κ3) is 6.77. The predicted molar refractivity (Wildman–Crippen MR) is 155 cm³/mol. The summed E-state index contributed by atoms with van der Waals surface area (Å²) >= 11 is 0. The molecule has 0 bridgehead atoms. The second-order valence-corrected chi connectivity index (χ2v) is 11.5. The molecule has 0 spiro atoms. The number of ether oxygens (including phenoxy) is 1. The first-order valence-electron chi connectivity index (χ1n) is 13.7. The summed E-state index contributed by atoms with van der Waals surface area (Å²) in [7, 11) is 1.35. The molecule has 3 aromatic carbocycles. The minimum absolute atomic E-state index is 0.114. The average Bonchev–Trinajstić information content (AvgIpc) is 2.97. The lowest BCUT2D eigenvalue weighted by atomic mass is 9.85. The zero-order chi connectivity index (χ0) is 28.9. The lowest BCUT2D eigenvalue weighted by Crippen LogP contribution is -2.59. The van der Waals surface area contributed by atoms with E-state index in [1.807, 2.05) is 92.4 Å². The fourth-order valence-electron chi connectivity index (χ4n) is 5.00. The Labute approximate surface area is 236 Å². The molecular formula is C33H39N3O4. The van der Waals surface area contributed by atoms with Gasteiger partial charge < -0.3 is 20.3 Å². The Bertz CT molecular complexity index is 1330. The number of hydrogen-bond donors (Lipinski definition) is 1. The van der Waals surface area contributed by atoms with Gasteiger partial charge in [-0.15, -0.1) is 0 Å². The van der Waals surface area contributed by atoms with Crippen molar-refractivity contribution < 1.29 is 19.1 Å². The highest BCUT2D eigenvalue weighted by molar-refractivity contribution is 5.91. The topological polar surface area (TPSA) is 92.9 Å². The lowest BCUT2D eigenvalue weighted by Gasteiger charge is -2.41. The smallest absolute Gasteiger partial charge is 0.337 e. The number of methoxy groups -OCH3 is 1. The van der Waals surface area contributed by atoms with Crippen molar-refractivity contribution in [3.8, 4) is 0 Å². The van der Waals surface area contributed by atoms with Crippen LogP contribution in [-0.2, 0) is 40.3 Å². The van der Waals surface area contributed by atoms with Gasteiger partial charge in [-0.25, -0.2) is 4.79 Å². The van der Waals surface area contributed by atoms with E-state index in [0.29, 0.717) is 38.0 Å². The summed E-state index contributed by atoms with van der Waals surface area (Å²) in [5.74, 6) is -0.739. The van der Waals surface area contributed by atoms with Crippen LogP contribution in [0.1, 0.15) is 53.4 Å². The standard InChI is InChI=1S/C33H39N3O4/c1-33(2,3)29(34)31(38)36-22-27-13-9-8-12-26(27)20-28(36)30(37)35(19-18-23-10-6-5-7-11-23)21-24-14-16-25(17-15-24)32(39)40-4/h5-17,28-29H,18-22,34H2,1-4H3/t28-,29?/m0/s1. The molecule has 0 fully saturated rings. The number of carbonyl (C=O) groups is 3. The molecule has 0 aromatic heterocycles. The fourth-order valence-corrected chi connectivity index (χ4v) is 5.00. The molecule has 0 aliphatic carbocycles. The SMILES string of the molecule is COC(=O)c1ccc(CN(CCc2ccccc2)C(=O)[C@@H]2Cc3ccccc3CN2C(=O)C(N)C(C)(C)C)cc1. The summed E-state index contributed by atoms with van der Waals surface area (Å²) in [6, 6.07) is 23.7. The molecule has 1 heterocycles. The maximum atomic E-state index is 14.4. The third-order valence-corrected chi connectivity index (χ3v) is 7.59. The van der Waals surface area contributed by atoms with E-state index in [9.17, 15) is 14.4 Å². The average molecular weight is 542 g/mol. The summed E-state index contributed by atoms with van der Waals surface area (Å²) in [5, 5.41) is 0. The maximum absolute atomic E-state index is 14.4. The minimum atomic E-state index is -0.739. The molecule has 1 unspecified atom stereocenters. The highest BCUT2D eigenvalue weighted by atomic mass is 16.5. The van der Waals surface area contributed by atoms with E-state index in [2.05, 4.69) is 0 Å². The van der Waals surface area contributed by atoms with Gasteiger partial charge in [0.25, 0.3) is 0 Å². The van der Waals surface area contributed by atoms with E-state index in [1.165, 1.54) is 7.11 Å². The van der Waals surface area contributed by atoms with Crippen LogP contribution in [-0.4, -0.2) is 53.3 Å². The van der Waals surface area contributed by atoms with Crippen molar-refractivity contribution in [3.63, 3.8) is 0 Å². The third-order valence-electron chi connectivity index (χ3n) is 7.59. The number of carbonyl (C=O) groups excluding carboxylic acids is 3. The minimum Gasteiger partial charge on any atom is -0.465 e. The Hall–Kier alpha value is -3.97. The molecule has 0 saturated carbocycles. The summed E-state index contributed by atoms with van der Waals surface area (Å²) in [5.41, 5.74) is 10.6. The molecule has 0 saturated heterocycles. The van der Waals surface area contributed by atoms with Crippen molar-refractivity contribution in [1.29, 1.82) is 0 Å². The van der Waals surface area contributed by atoms with Crippen molar-refractivity contribution in [3.05, 3.63) is 107 Å². The number of esters is 1. The van der Waals surface area contributed by atoms with Crippen molar-refractivity contribution in [1.82, 2.24) is 9.80 Å². The first-order valence-corrected chi connectivity index (χ1v) is 13.7. The second kappa shape index (κ2) is 12.5. The fraction of sp³-hybridized carbons (Fsp3) is 0.364. The molecule has 4 rings (SSSR count). The molecule has 3 aromatic rings. The second-order valence-electron chi connectivity index (χ2n) is 11.5. The Kier molecular flexibility index (Phi) is 9.05. The Morgan fingerprint density at radius 3 is 2.17 bits per heavy atom. The van der Waals surface area contributed by atoms with Crippen molar-refractivity contribution in [2.45, 2.75) is 58.8 Å². The number of rotatable bonds is 8. The number of fused-ring (bicyclic) bond motifs is 1. The van der Waals surface area contributed by atoms with Crippen LogP contribution in [0.25, 0.3) is 0 Å². The zero-order valence-electron chi connectivity index (χ0n) is 23.8. The highest BCUT2D eigenvalue weighted by Crippen LogP contribution is 2.28. The van der Waals surface area contributed by atoms with Crippen molar-refractivity contribution >= 4 is 17.8 Å². The molecule has 2 amide bonds. The van der Waals surface area contributed by atoms with Gasteiger partial charge in [0.05, 0.1) is 18.7 Å². The van der Waals surface area contributed by atoms with Crippen LogP contribution >= 0.6 is 0 Å². The van der Waals surface area contributed by atoms with E-state index < -0.39 is 23.5 Å². The Morgan fingerprint density at radius 1 is 0.925 bits per heavy atom. The zero-order valence-corrected chi connectivity index (χ0v) is 23.8. The molecule has 7 nitrogen and oxygen atoms in total. The lowest BCUT2D eigenvalue weighted by molar-refractivity contribution is -0.149. The van der Waals surface area contributed by atoms with Crippen LogP contribution in [0.15, 0.2) is 78.9 Å². The monoisotopic (exact) mass is 541 g/mol. The molecule has 210 valence electrons. The van der Waals surface area contributed by atoms with Crippen LogP contribution < -0.4 is 5.73 Å². The molecule has 40 heavy (non-hydrogen) atoms.